The molecule has 0 bridgehead atoms. The lowest BCUT2D eigenvalue weighted by atomic mass is 10.0. The van der Waals surface area contributed by atoms with Crippen molar-refractivity contribution >= 4 is 12.3 Å². The van der Waals surface area contributed by atoms with Gasteiger partial charge in [0, 0.05) is 0 Å². The standard InChI is InChI=1S/C10H10O4/c1-6-3-7(10(12)13)4-9(14-2)8(6)5-11/h3-5H,1-2H3,(H,12,13). The third-order valence-electron chi connectivity index (χ3n) is 1.93. The molecule has 0 amide bonds. The van der Waals surface area contributed by atoms with Crippen LogP contribution in [0.1, 0.15) is 26.3 Å². The molecule has 1 aromatic carbocycles. The molecule has 1 N–H and O–H groups in total. The number of ether oxygens (including phenoxy) is 1. The maximum Gasteiger partial charge on any atom is 0.335 e. The van der Waals surface area contributed by atoms with Crippen LogP contribution in [0.3, 0.4) is 0 Å². The zero-order valence-corrected chi connectivity index (χ0v) is 7.90. The first kappa shape index (κ1) is 10.2. The zero-order valence-electron chi connectivity index (χ0n) is 7.90. The van der Waals surface area contributed by atoms with E-state index < -0.39 is 5.97 Å². The van der Waals surface area contributed by atoms with Gasteiger partial charge >= 0.3 is 5.97 Å². The highest BCUT2D eigenvalue weighted by Gasteiger charge is 2.11. The number of carboxylic acids is 1. The van der Waals surface area contributed by atoms with E-state index in [9.17, 15) is 9.59 Å². The van der Waals surface area contributed by atoms with Crippen LogP contribution in [-0.2, 0) is 0 Å². The molecule has 0 radical (unpaired) electrons. The Morgan fingerprint density at radius 2 is 2.14 bits per heavy atom. The Bertz CT molecular complexity index is 382. The average Bonchev–Trinajstić information content (AvgIpc) is 2.16. The van der Waals surface area contributed by atoms with Gasteiger partial charge in [-0.15, -0.1) is 0 Å². The summed E-state index contributed by atoms with van der Waals surface area (Å²) in [6.45, 7) is 1.67. The summed E-state index contributed by atoms with van der Waals surface area (Å²) in [6.07, 6.45) is 0.653. The number of aldehydes is 1. The number of carboxylic acid groups (broad SMARTS) is 1. The fraction of sp³-hybridized carbons (Fsp3) is 0.200. The van der Waals surface area contributed by atoms with Crippen LogP contribution >= 0.6 is 0 Å². The second-order valence-corrected chi connectivity index (χ2v) is 2.83. The third-order valence-corrected chi connectivity index (χ3v) is 1.93. The number of rotatable bonds is 3. The van der Waals surface area contributed by atoms with Crippen LogP contribution in [0.15, 0.2) is 12.1 Å². The van der Waals surface area contributed by atoms with E-state index in [1.54, 1.807) is 6.92 Å². The van der Waals surface area contributed by atoms with Crippen molar-refractivity contribution in [2.45, 2.75) is 6.92 Å². The minimum Gasteiger partial charge on any atom is -0.496 e. The molecular formula is C10H10O4. The lowest BCUT2D eigenvalue weighted by Crippen LogP contribution is -2.01. The molecule has 4 heteroatoms. The minimum absolute atomic E-state index is 0.116. The fourth-order valence-electron chi connectivity index (χ4n) is 1.21. The van der Waals surface area contributed by atoms with Crippen LogP contribution in [-0.4, -0.2) is 24.5 Å². The minimum atomic E-state index is -1.04. The number of methoxy groups -OCH3 is 1. The molecule has 0 aromatic heterocycles. The van der Waals surface area contributed by atoms with Crippen LogP contribution in [0.2, 0.25) is 0 Å². The number of carbonyl (C=O) groups is 2. The largest absolute Gasteiger partial charge is 0.496 e. The van der Waals surface area contributed by atoms with Gasteiger partial charge in [-0.3, -0.25) is 4.79 Å². The number of hydrogen-bond donors (Lipinski definition) is 1. The topological polar surface area (TPSA) is 63.6 Å². The Kier molecular flexibility index (Phi) is 2.86. The number of hydrogen-bond acceptors (Lipinski definition) is 3. The quantitative estimate of drug-likeness (QED) is 0.741. The molecule has 0 fully saturated rings. The van der Waals surface area contributed by atoms with Crippen molar-refractivity contribution in [3.05, 3.63) is 28.8 Å². The lowest BCUT2D eigenvalue weighted by Gasteiger charge is -2.07. The first-order valence-electron chi connectivity index (χ1n) is 3.97. The smallest absolute Gasteiger partial charge is 0.335 e. The molecule has 0 saturated heterocycles. The SMILES string of the molecule is COc1cc(C(=O)O)cc(C)c1C=O. The summed E-state index contributed by atoms with van der Waals surface area (Å²) in [5.41, 5.74) is 1.10. The van der Waals surface area contributed by atoms with Gasteiger partial charge in [0.25, 0.3) is 0 Å². The van der Waals surface area contributed by atoms with Gasteiger partial charge in [0.15, 0.2) is 6.29 Å². The summed E-state index contributed by atoms with van der Waals surface area (Å²) in [5.74, 6) is -0.749. The van der Waals surface area contributed by atoms with E-state index in [2.05, 4.69) is 0 Å². The summed E-state index contributed by atoms with van der Waals surface area (Å²) in [6, 6.07) is 2.77. The highest BCUT2D eigenvalue weighted by Crippen LogP contribution is 2.22. The molecule has 1 aromatic rings. The molecule has 14 heavy (non-hydrogen) atoms. The molecule has 0 saturated carbocycles. The highest BCUT2D eigenvalue weighted by molar-refractivity contribution is 5.91. The predicted molar refractivity (Wildman–Crippen MR) is 50.1 cm³/mol. The Morgan fingerprint density at radius 1 is 1.50 bits per heavy atom. The molecule has 1 rings (SSSR count). The maximum atomic E-state index is 10.7. The van der Waals surface area contributed by atoms with E-state index in [1.807, 2.05) is 0 Å². The van der Waals surface area contributed by atoms with Crippen LogP contribution in [0.4, 0.5) is 0 Å². The van der Waals surface area contributed by atoms with Gasteiger partial charge in [-0.05, 0) is 24.6 Å². The van der Waals surface area contributed by atoms with Crippen LogP contribution in [0.5, 0.6) is 5.75 Å². The fourth-order valence-corrected chi connectivity index (χ4v) is 1.21. The van der Waals surface area contributed by atoms with E-state index in [1.165, 1.54) is 19.2 Å². The van der Waals surface area contributed by atoms with E-state index in [0.29, 0.717) is 17.4 Å². The van der Waals surface area contributed by atoms with Crippen LogP contribution in [0, 0.1) is 6.92 Å². The average molecular weight is 194 g/mol. The molecule has 0 heterocycles. The number of carbonyl (C=O) groups excluding carboxylic acids is 1. The van der Waals surface area contributed by atoms with Crippen molar-refractivity contribution in [1.29, 1.82) is 0 Å². The van der Waals surface area contributed by atoms with Crippen molar-refractivity contribution in [1.82, 2.24) is 0 Å². The monoisotopic (exact) mass is 194 g/mol. The molecule has 0 aliphatic heterocycles. The summed E-state index contributed by atoms with van der Waals surface area (Å²) in [4.78, 5) is 21.3. The Labute approximate surface area is 81.1 Å². The molecule has 74 valence electrons. The maximum absolute atomic E-state index is 10.7. The molecule has 0 atom stereocenters. The lowest BCUT2D eigenvalue weighted by molar-refractivity contribution is 0.0696. The first-order valence-corrected chi connectivity index (χ1v) is 3.97. The van der Waals surface area contributed by atoms with Gasteiger partial charge in [0.1, 0.15) is 5.75 Å². The van der Waals surface area contributed by atoms with Crippen LogP contribution in [0.25, 0.3) is 0 Å². The summed E-state index contributed by atoms with van der Waals surface area (Å²) in [7, 11) is 1.40. The third kappa shape index (κ3) is 1.74. The van der Waals surface area contributed by atoms with Gasteiger partial charge in [0.2, 0.25) is 0 Å². The van der Waals surface area contributed by atoms with Crippen molar-refractivity contribution in [2.24, 2.45) is 0 Å². The number of aromatic carboxylic acids is 1. The van der Waals surface area contributed by atoms with Gasteiger partial charge in [0.05, 0.1) is 18.2 Å². The van der Waals surface area contributed by atoms with Crippen molar-refractivity contribution in [3.63, 3.8) is 0 Å². The Morgan fingerprint density at radius 3 is 2.57 bits per heavy atom. The van der Waals surface area contributed by atoms with Crippen LogP contribution < -0.4 is 4.74 Å². The highest BCUT2D eigenvalue weighted by atomic mass is 16.5. The van der Waals surface area contributed by atoms with Crippen molar-refractivity contribution in [2.75, 3.05) is 7.11 Å². The Hall–Kier alpha value is -1.84. The van der Waals surface area contributed by atoms with Gasteiger partial charge in [-0.1, -0.05) is 0 Å². The van der Waals surface area contributed by atoms with Crippen molar-refractivity contribution < 1.29 is 19.4 Å². The normalized spacial score (nSPS) is 9.57. The second kappa shape index (κ2) is 3.91. The molecular weight excluding hydrogens is 184 g/mol. The Balaban J connectivity index is 3.38. The molecule has 4 nitrogen and oxygen atoms in total. The first-order chi connectivity index (χ1) is 6.60. The van der Waals surface area contributed by atoms with E-state index in [-0.39, 0.29) is 11.3 Å². The summed E-state index contributed by atoms with van der Waals surface area (Å²) < 4.78 is 4.91. The van der Waals surface area contributed by atoms with Gasteiger partial charge < -0.3 is 9.84 Å². The number of benzene rings is 1. The van der Waals surface area contributed by atoms with Gasteiger partial charge in [-0.25, -0.2) is 4.79 Å². The number of aryl methyl sites for hydroxylation is 1. The predicted octanol–water partition coefficient (Wildman–Crippen LogP) is 1.51. The molecule has 0 aliphatic rings. The van der Waals surface area contributed by atoms with Gasteiger partial charge in [-0.2, -0.15) is 0 Å². The summed E-state index contributed by atoms with van der Waals surface area (Å²) in [5, 5.41) is 8.75. The summed E-state index contributed by atoms with van der Waals surface area (Å²) >= 11 is 0. The zero-order chi connectivity index (χ0) is 10.7. The molecule has 0 unspecified atom stereocenters. The molecule has 0 spiro atoms. The van der Waals surface area contributed by atoms with E-state index in [0.717, 1.165) is 0 Å². The van der Waals surface area contributed by atoms with E-state index in [4.69, 9.17) is 9.84 Å². The van der Waals surface area contributed by atoms with Crippen molar-refractivity contribution in [3.8, 4) is 5.75 Å². The second-order valence-electron chi connectivity index (χ2n) is 2.83. The molecule has 0 aliphatic carbocycles. The van der Waals surface area contributed by atoms with E-state index >= 15 is 0 Å².